The van der Waals surface area contributed by atoms with Crippen LogP contribution in [0.2, 0.25) is 0 Å². The maximum atomic E-state index is 12.1. The summed E-state index contributed by atoms with van der Waals surface area (Å²) in [6.07, 6.45) is 7.66. The van der Waals surface area contributed by atoms with Crippen LogP contribution in [0.4, 0.5) is 0 Å². The molecule has 118 valence electrons. The van der Waals surface area contributed by atoms with E-state index in [1.807, 2.05) is 6.92 Å². The first-order valence-electron chi connectivity index (χ1n) is 8.39. The molecule has 0 spiro atoms. The van der Waals surface area contributed by atoms with Crippen LogP contribution in [0.15, 0.2) is 0 Å². The maximum Gasteiger partial charge on any atom is 0.237 e. The molecular formula is C17H34N2O. The second-order valence-corrected chi connectivity index (χ2v) is 7.32. The third kappa shape index (κ3) is 6.25. The predicted molar refractivity (Wildman–Crippen MR) is 85.7 cm³/mol. The van der Waals surface area contributed by atoms with Gasteiger partial charge in [0.05, 0.1) is 6.04 Å². The van der Waals surface area contributed by atoms with Crippen molar-refractivity contribution in [3.63, 3.8) is 0 Å². The fraction of sp³-hybridized carbons (Fsp3) is 0.941. The van der Waals surface area contributed by atoms with Crippen LogP contribution in [-0.2, 0) is 4.79 Å². The normalized spacial score (nSPS) is 25.2. The standard InChI is InChI=1S/C17H34N2O/c1-6-17(4,5)19-16(20)14(3)18-12-11-15-9-7-13(2)8-10-15/h13-15,18H,6-12H2,1-5H3,(H,19,20). The average molecular weight is 282 g/mol. The van der Waals surface area contributed by atoms with Crippen LogP contribution in [0.25, 0.3) is 0 Å². The Labute approximate surface area is 125 Å². The molecule has 3 nitrogen and oxygen atoms in total. The zero-order valence-corrected chi connectivity index (χ0v) is 14.1. The third-order valence-electron chi connectivity index (χ3n) is 4.88. The van der Waals surface area contributed by atoms with Crippen LogP contribution < -0.4 is 10.6 Å². The molecule has 1 unspecified atom stereocenters. The highest BCUT2D eigenvalue weighted by Crippen LogP contribution is 2.29. The van der Waals surface area contributed by atoms with E-state index in [4.69, 9.17) is 0 Å². The number of amides is 1. The lowest BCUT2D eigenvalue weighted by Gasteiger charge is -2.28. The Balaban J connectivity index is 2.19. The SMILES string of the molecule is CCC(C)(C)NC(=O)C(C)NCCC1CCC(C)CC1. The molecule has 0 aromatic carbocycles. The molecule has 1 amide bonds. The quantitative estimate of drug-likeness (QED) is 0.750. The van der Waals surface area contributed by atoms with E-state index in [0.717, 1.165) is 24.8 Å². The fourth-order valence-corrected chi connectivity index (χ4v) is 2.74. The van der Waals surface area contributed by atoms with Crippen molar-refractivity contribution in [3.8, 4) is 0 Å². The van der Waals surface area contributed by atoms with Crippen molar-refractivity contribution in [1.82, 2.24) is 10.6 Å². The lowest BCUT2D eigenvalue weighted by Crippen LogP contribution is -2.50. The van der Waals surface area contributed by atoms with Crippen molar-refractivity contribution in [2.24, 2.45) is 11.8 Å². The predicted octanol–water partition coefficient (Wildman–Crippen LogP) is 3.49. The summed E-state index contributed by atoms with van der Waals surface area (Å²) in [4.78, 5) is 12.1. The molecule has 2 N–H and O–H groups in total. The van der Waals surface area contributed by atoms with Gasteiger partial charge >= 0.3 is 0 Å². The zero-order valence-electron chi connectivity index (χ0n) is 14.1. The first-order valence-corrected chi connectivity index (χ1v) is 8.39. The summed E-state index contributed by atoms with van der Waals surface area (Å²) in [5, 5.41) is 6.47. The summed E-state index contributed by atoms with van der Waals surface area (Å²) >= 11 is 0. The van der Waals surface area contributed by atoms with Crippen molar-refractivity contribution < 1.29 is 4.79 Å². The van der Waals surface area contributed by atoms with E-state index in [-0.39, 0.29) is 17.5 Å². The molecule has 0 radical (unpaired) electrons. The number of nitrogens with one attached hydrogen (secondary N) is 2. The number of carbonyl (C=O) groups excluding carboxylic acids is 1. The van der Waals surface area contributed by atoms with Crippen molar-refractivity contribution in [3.05, 3.63) is 0 Å². The van der Waals surface area contributed by atoms with Gasteiger partial charge in [0.15, 0.2) is 0 Å². The Hall–Kier alpha value is -0.570. The Bertz CT molecular complexity index is 293. The molecule has 0 bridgehead atoms. The van der Waals surface area contributed by atoms with Gasteiger partial charge in [-0.2, -0.15) is 0 Å². The number of hydrogen-bond acceptors (Lipinski definition) is 2. The summed E-state index contributed by atoms with van der Waals surface area (Å²) < 4.78 is 0. The monoisotopic (exact) mass is 282 g/mol. The molecule has 1 rings (SSSR count). The molecular weight excluding hydrogens is 248 g/mol. The van der Waals surface area contributed by atoms with E-state index in [2.05, 4.69) is 38.3 Å². The van der Waals surface area contributed by atoms with Crippen LogP contribution in [0, 0.1) is 11.8 Å². The number of rotatable bonds is 7. The first-order chi connectivity index (χ1) is 9.34. The Morgan fingerprint density at radius 1 is 1.25 bits per heavy atom. The minimum absolute atomic E-state index is 0.0941. The van der Waals surface area contributed by atoms with Gasteiger partial charge in [0.2, 0.25) is 5.91 Å². The van der Waals surface area contributed by atoms with E-state index < -0.39 is 0 Å². The second kappa shape index (κ2) is 8.02. The van der Waals surface area contributed by atoms with E-state index in [1.165, 1.54) is 32.1 Å². The van der Waals surface area contributed by atoms with Crippen molar-refractivity contribution >= 4 is 5.91 Å². The Kier molecular flexibility index (Phi) is 7.01. The molecule has 1 aliphatic rings. The topological polar surface area (TPSA) is 41.1 Å². The Morgan fingerprint density at radius 3 is 2.40 bits per heavy atom. The molecule has 3 heteroatoms. The third-order valence-corrected chi connectivity index (χ3v) is 4.88. The van der Waals surface area contributed by atoms with Gasteiger partial charge in [-0.25, -0.2) is 0 Å². The van der Waals surface area contributed by atoms with E-state index in [9.17, 15) is 4.79 Å². The number of hydrogen-bond donors (Lipinski definition) is 2. The highest BCUT2D eigenvalue weighted by atomic mass is 16.2. The summed E-state index contributed by atoms with van der Waals surface area (Å²) in [7, 11) is 0. The smallest absolute Gasteiger partial charge is 0.237 e. The molecule has 0 heterocycles. The van der Waals surface area contributed by atoms with Gasteiger partial charge < -0.3 is 10.6 Å². The molecule has 1 saturated carbocycles. The van der Waals surface area contributed by atoms with Gasteiger partial charge in [-0.15, -0.1) is 0 Å². The summed E-state index contributed by atoms with van der Waals surface area (Å²) in [6, 6.07) is -0.0941. The van der Waals surface area contributed by atoms with E-state index >= 15 is 0 Å². The van der Waals surface area contributed by atoms with Crippen molar-refractivity contribution in [2.75, 3.05) is 6.54 Å². The van der Waals surface area contributed by atoms with Gasteiger partial charge in [-0.1, -0.05) is 39.5 Å². The molecule has 0 aromatic heterocycles. The van der Waals surface area contributed by atoms with Gasteiger partial charge in [-0.3, -0.25) is 4.79 Å². The molecule has 0 aliphatic heterocycles. The molecule has 0 saturated heterocycles. The molecule has 1 atom stereocenters. The lowest BCUT2D eigenvalue weighted by molar-refractivity contribution is -0.124. The molecule has 0 aromatic rings. The van der Waals surface area contributed by atoms with E-state index in [0.29, 0.717) is 0 Å². The lowest BCUT2D eigenvalue weighted by atomic mass is 9.81. The molecule has 1 aliphatic carbocycles. The van der Waals surface area contributed by atoms with Crippen molar-refractivity contribution in [2.45, 2.75) is 84.7 Å². The number of carbonyl (C=O) groups is 1. The van der Waals surface area contributed by atoms with Crippen molar-refractivity contribution in [1.29, 1.82) is 0 Å². The summed E-state index contributed by atoms with van der Waals surface area (Å²) in [5.74, 6) is 1.90. The molecule has 1 fully saturated rings. The van der Waals surface area contributed by atoms with Gasteiger partial charge in [0.1, 0.15) is 0 Å². The van der Waals surface area contributed by atoms with Crippen LogP contribution >= 0.6 is 0 Å². The van der Waals surface area contributed by atoms with Gasteiger partial charge in [0.25, 0.3) is 0 Å². The maximum absolute atomic E-state index is 12.1. The van der Waals surface area contributed by atoms with Crippen LogP contribution in [0.1, 0.15) is 73.1 Å². The highest BCUT2D eigenvalue weighted by molar-refractivity contribution is 5.81. The zero-order chi connectivity index (χ0) is 15.2. The minimum Gasteiger partial charge on any atom is -0.350 e. The first kappa shape index (κ1) is 17.5. The summed E-state index contributed by atoms with van der Waals surface area (Å²) in [6.45, 7) is 11.5. The van der Waals surface area contributed by atoms with Gasteiger partial charge in [-0.05, 0) is 52.0 Å². The second-order valence-electron chi connectivity index (χ2n) is 7.32. The van der Waals surface area contributed by atoms with Crippen LogP contribution in [0.5, 0.6) is 0 Å². The average Bonchev–Trinajstić information content (AvgIpc) is 2.40. The molecule has 20 heavy (non-hydrogen) atoms. The fourth-order valence-electron chi connectivity index (χ4n) is 2.74. The van der Waals surface area contributed by atoms with E-state index in [1.54, 1.807) is 0 Å². The minimum atomic E-state index is -0.105. The Morgan fingerprint density at radius 2 is 1.85 bits per heavy atom. The largest absolute Gasteiger partial charge is 0.350 e. The van der Waals surface area contributed by atoms with Crippen LogP contribution in [-0.4, -0.2) is 24.0 Å². The van der Waals surface area contributed by atoms with Crippen LogP contribution in [0.3, 0.4) is 0 Å². The van der Waals surface area contributed by atoms with Gasteiger partial charge in [0, 0.05) is 5.54 Å². The summed E-state index contributed by atoms with van der Waals surface area (Å²) in [5.41, 5.74) is -0.105. The highest BCUT2D eigenvalue weighted by Gasteiger charge is 2.22.